The minimum atomic E-state index is -2.84. The number of hydrogen-bond donors (Lipinski definition) is 1. The van der Waals surface area contributed by atoms with Crippen molar-refractivity contribution in [3.8, 4) is 11.8 Å². The van der Waals surface area contributed by atoms with Crippen LogP contribution in [-0.2, 0) is 9.47 Å². The van der Waals surface area contributed by atoms with Crippen LogP contribution in [0.3, 0.4) is 0 Å². The van der Waals surface area contributed by atoms with E-state index in [2.05, 4.69) is 27.2 Å². The van der Waals surface area contributed by atoms with Crippen molar-refractivity contribution in [2.75, 3.05) is 13.2 Å². The van der Waals surface area contributed by atoms with Crippen LogP contribution < -0.4 is 5.32 Å². The van der Waals surface area contributed by atoms with Gasteiger partial charge in [0.2, 0.25) is 0 Å². The minimum absolute atomic E-state index is 0.0299. The van der Waals surface area contributed by atoms with E-state index in [0.29, 0.717) is 10.1 Å². The summed E-state index contributed by atoms with van der Waals surface area (Å²) in [4.78, 5) is 16.3. The highest BCUT2D eigenvalue weighted by atomic mass is 35.5. The molecule has 0 aliphatic rings. The number of alkyl halides is 2. The molecule has 2 heterocycles. The van der Waals surface area contributed by atoms with Gasteiger partial charge >= 0.3 is 12.6 Å². The third kappa shape index (κ3) is 6.88. The quantitative estimate of drug-likeness (QED) is 0.304. The molecule has 1 aromatic carbocycles. The van der Waals surface area contributed by atoms with Crippen LogP contribution in [-0.4, -0.2) is 39.7 Å². The number of rotatable bonds is 6. The Labute approximate surface area is 195 Å². The van der Waals surface area contributed by atoms with Crippen molar-refractivity contribution in [2.45, 2.75) is 39.0 Å². The summed E-state index contributed by atoms with van der Waals surface area (Å²) in [7, 11) is 0. The minimum Gasteiger partial charge on any atom is -0.444 e. The van der Waals surface area contributed by atoms with E-state index < -0.39 is 24.3 Å². The highest BCUT2D eigenvalue weighted by molar-refractivity contribution is 6.30. The molecule has 3 aromatic rings. The third-order valence-electron chi connectivity index (χ3n) is 4.28. The summed E-state index contributed by atoms with van der Waals surface area (Å²) in [5.41, 5.74) is 0.356. The van der Waals surface area contributed by atoms with Crippen molar-refractivity contribution in [1.82, 2.24) is 20.1 Å². The van der Waals surface area contributed by atoms with Gasteiger partial charge in [-0.15, -0.1) is 0 Å². The summed E-state index contributed by atoms with van der Waals surface area (Å²) in [6, 6.07) is 10.2. The molecule has 0 saturated carbocycles. The second-order valence-corrected chi connectivity index (χ2v) is 8.41. The summed E-state index contributed by atoms with van der Waals surface area (Å²) in [6.45, 7) is 2.57. The molecule has 0 fully saturated rings. The van der Waals surface area contributed by atoms with Gasteiger partial charge < -0.3 is 14.8 Å². The number of carbonyl (C=O) groups excluding carboxylic acids is 1. The van der Waals surface area contributed by atoms with Crippen molar-refractivity contribution >= 4 is 28.6 Å². The van der Waals surface area contributed by atoms with E-state index in [1.54, 1.807) is 20.8 Å². The fourth-order valence-corrected chi connectivity index (χ4v) is 3.19. The van der Waals surface area contributed by atoms with Gasteiger partial charge in [-0.1, -0.05) is 47.9 Å². The number of nitrogens with one attached hydrogen (secondary N) is 1. The highest BCUT2D eigenvalue weighted by Crippen LogP contribution is 2.24. The Morgan fingerprint density at radius 3 is 2.67 bits per heavy atom. The second kappa shape index (κ2) is 10.6. The molecule has 0 bridgehead atoms. The number of nitrogens with zero attached hydrogens (tertiary/aromatic N) is 3. The molecule has 3 rings (SSSR count). The van der Waals surface area contributed by atoms with Crippen LogP contribution >= 0.6 is 11.6 Å². The maximum Gasteiger partial charge on any atom is 0.408 e. The van der Waals surface area contributed by atoms with Gasteiger partial charge in [-0.3, -0.25) is 0 Å². The average molecular weight is 477 g/mol. The zero-order valence-electron chi connectivity index (χ0n) is 18.3. The summed E-state index contributed by atoms with van der Waals surface area (Å²) in [5.74, 6) is 5.47. The summed E-state index contributed by atoms with van der Waals surface area (Å²) >= 11 is 5.97. The maximum atomic E-state index is 13.2. The van der Waals surface area contributed by atoms with E-state index in [0.717, 1.165) is 5.56 Å². The summed E-state index contributed by atoms with van der Waals surface area (Å²) < 4.78 is 38.0. The molecule has 0 aliphatic heterocycles. The Balaban J connectivity index is 1.70. The zero-order valence-corrected chi connectivity index (χ0v) is 19.1. The van der Waals surface area contributed by atoms with Crippen molar-refractivity contribution < 1.29 is 23.0 Å². The van der Waals surface area contributed by atoms with Gasteiger partial charge in [-0.2, -0.15) is 13.9 Å². The fraction of sp³-hybridized carbons (Fsp3) is 0.348. The lowest BCUT2D eigenvalue weighted by Gasteiger charge is -2.23. The normalized spacial score (nSPS) is 12.3. The molecule has 1 N–H and O–H groups in total. The van der Waals surface area contributed by atoms with Crippen LogP contribution in [0.15, 0.2) is 42.6 Å². The SMILES string of the molecule is CC(C)(C)OC(=O)N[C@H](COCC#Cc1nc(Cl)cc2cnn(C(F)F)c12)c1ccccc1. The molecule has 2 aromatic heterocycles. The van der Waals surface area contributed by atoms with E-state index >= 15 is 0 Å². The molecule has 0 saturated heterocycles. The lowest BCUT2D eigenvalue weighted by atomic mass is 10.1. The maximum absolute atomic E-state index is 13.2. The number of aromatic nitrogens is 3. The average Bonchev–Trinajstić information content (AvgIpc) is 3.16. The van der Waals surface area contributed by atoms with Crippen LogP contribution in [0.4, 0.5) is 13.6 Å². The molecular formula is C23H23ClF2N4O3. The number of pyridine rings is 1. The van der Waals surface area contributed by atoms with Gasteiger partial charge in [0.05, 0.1) is 18.8 Å². The zero-order chi connectivity index (χ0) is 24.0. The smallest absolute Gasteiger partial charge is 0.408 e. The van der Waals surface area contributed by atoms with Gasteiger partial charge in [0.15, 0.2) is 0 Å². The Hall–Kier alpha value is -3.22. The highest BCUT2D eigenvalue weighted by Gasteiger charge is 2.21. The molecule has 7 nitrogen and oxygen atoms in total. The second-order valence-electron chi connectivity index (χ2n) is 8.02. The molecule has 10 heteroatoms. The molecule has 33 heavy (non-hydrogen) atoms. The van der Waals surface area contributed by atoms with Crippen molar-refractivity contribution in [3.05, 3.63) is 59.0 Å². The Morgan fingerprint density at radius 1 is 1.27 bits per heavy atom. The van der Waals surface area contributed by atoms with Gasteiger partial charge in [0, 0.05) is 5.39 Å². The molecule has 0 radical (unpaired) electrons. The number of carbonyl (C=O) groups is 1. The topological polar surface area (TPSA) is 78.3 Å². The largest absolute Gasteiger partial charge is 0.444 e. The molecule has 0 unspecified atom stereocenters. The summed E-state index contributed by atoms with van der Waals surface area (Å²) in [6.07, 6.45) is 0.709. The number of fused-ring (bicyclic) bond motifs is 1. The number of ether oxygens (including phenoxy) is 2. The number of halogens is 3. The molecular weight excluding hydrogens is 454 g/mol. The van der Waals surface area contributed by atoms with E-state index in [4.69, 9.17) is 21.1 Å². The van der Waals surface area contributed by atoms with Crippen LogP contribution in [0.1, 0.15) is 44.6 Å². The van der Waals surface area contributed by atoms with E-state index in [-0.39, 0.29) is 29.6 Å². The Kier molecular flexibility index (Phi) is 7.84. The lowest BCUT2D eigenvalue weighted by molar-refractivity contribution is 0.0457. The Bertz CT molecular complexity index is 1170. The van der Waals surface area contributed by atoms with Gasteiger partial charge in [-0.25, -0.2) is 14.5 Å². The number of benzene rings is 1. The van der Waals surface area contributed by atoms with E-state index in [9.17, 15) is 13.6 Å². The van der Waals surface area contributed by atoms with E-state index in [1.165, 1.54) is 12.3 Å². The molecule has 174 valence electrons. The number of hydrogen-bond acceptors (Lipinski definition) is 5. The first-order chi connectivity index (χ1) is 15.6. The molecule has 1 atom stereocenters. The van der Waals surface area contributed by atoms with Crippen molar-refractivity contribution in [2.24, 2.45) is 0 Å². The van der Waals surface area contributed by atoms with Crippen LogP contribution in [0.2, 0.25) is 5.15 Å². The Morgan fingerprint density at radius 2 is 2.00 bits per heavy atom. The third-order valence-corrected chi connectivity index (χ3v) is 4.48. The predicted molar refractivity (Wildman–Crippen MR) is 120 cm³/mol. The van der Waals surface area contributed by atoms with Crippen molar-refractivity contribution in [3.63, 3.8) is 0 Å². The standard InChI is InChI=1S/C23H23ClF2N4O3/c1-23(2,3)33-22(31)29-18(15-8-5-4-6-9-15)14-32-11-7-10-17-20-16(12-19(24)28-17)13-27-30(20)21(25)26/h4-6,8-9,12-13,18,21H,11,14H2,1-3H3,(H,29,31)/t18-/m1/s1. The first kappa shape index (κ1) is 24.4. The molecule has 1 amide bonds. The first-order valence-corrected chi connectivity index (χ1v) is 10.4. The van der Waals surface area contributed by atoms with Gasteiger partial charge in [-0.05, 0) is 38.3 Å². The van der Waals surface area contributed by atoms with E-state index in [1.807, 2.05) is 30.3 Å². The number of amides is 1. The predicted octanol–water partition coefficient (Wildman–Crippen LogP) is 5.11. The summed E-state index contributed by atoms with van der Waals surface area (Å²) in [5, 5.41) is 6.98. The van der Waals surface area contributed by atoms with Gasteiger partial charge in [0.25, 0.3) is 0 Å². The van der Waals surface area contributed by atoms with Crippen LogP contribution in [0.5, 0.6) is 0 Å². The van der Waals surface area contributed by atoms with Crippen LogP contribution in [0, 0.1) is 11.8 Å². The number of alkyl carbamates (subject to hydrolysis) is 1. The van der Waals surface area contributed by atoms with Gasteiger partial charge in [0.1, 0.15) is 28.6 Å². The van der Waals surface area contributed by atoms with Crippen molar-refractivity contribution in [1.29, 1.82) is 0 Å². The van der Waals surface area contributed by atoms with Crippen LogP contribution in [0.25, 0.3) is 10.9 Å². The monoisotopic (exact) mass is 476 g/mol. The molecule has 0 spiro atoms. The first-order valence-electron chi connectivity index (χ1n) is 10.1. The molecule has 0 aliphatic carbocycles. The fourth-order valence-electron chi connectivity index (χ4n) is 2.99. The lowest BCUT2D eigenvalue weighted by Crippen LogP contribution is -2.36.